The summed E-state index contributed by atoms with van der Waals surface area (Å²) in [7, 11) is 0. The molecule has 40 nitrogen and oxygen atoms in total. The lowest BCUT2D eigenvalue weighted by molar-refractivity contribution is -0.131. The second kappa shape index (κ2) is 83.5. The van der Waals surface area contributed by atoms with Crippen molar-refractivity contribution in [2.75, 3.05) is 230 Å². The molecule has 0 spiro atoms. The van der Waals surface area contributed by atoms with Crippen LogP contribution in [0.3, 0.4) is 0 Å². The molecule has 0 unspecified atom stereocenters. The predicted molar refractivity (Wildman–Crippen MR) is 487 cm³/mol. The van der Waals surface area contributed by atoms with E-state index in [2.05, 4.69) is 93.3 Å². The van der Waals surface area contributed by atoms with Gasteiger partial charge in [-0.25, -0.2) is 0 Å². The highest BCUT2D eigenvalue weighted by atomic mass is 16.5. The molecule has 1 aromatic rings. The number of nitrogens with zero attached hydrogens (tertiary/aromatic N) is 1. The van der Waals surface area contributed by atoms with Crippen LogP contribution in [0.25, 0.3) is 5.57 Å². The third kappa shape index (κ3) is 70.4. The SMILES string of the molecule is C=C(CCCN[C@@H](CCCCNC(=O)CC[C@H](NC(=O)[C@H](CCCC)NC[C@H](CNCCN(CC=O)CC=O)NC(=O)[C@H](C/C=C/N)NC[C@H](CCC(N)=O)NC[C@H](C)NC(=O)CNC(=O)COCCOCCNCCOCCOCCNCCOCCOCCNC(=O)COCCOCCNC(=O)CCCCC)C(=O)NCCCCCN)C(N)=O)c1ccccc1. The molecule has 1 aromatic carbocycles. The molecule has 0 saturated heterocycles. The molecule has 0 heterocycles. The minimum absolute atomic E-state index is 0.00219. The quantitative estimate of drug-likeness (QED) is 0.0235. The maximum atomic E-state index is 14.5. The Balaban J connectivity index is 2.63. The van der Waals surface area contributed by atoms with Crippen LogP contribution < -0.4 is 103 Å². The Hall–Kier alpha value is -8.14. The zero-order valence-electron chi connectivity index (χ0n) is 76.3. The van der Waals surface area contributed by atoms with Gasteiger partial charge in [0.1, 0.15) is 31.8 Å². The van der Waals surface area contributed by atoms with E-state index >= 15 is 0 Å². The lowest BCUT2D eigenvalue weighted by Crippen LogP contribution is -2.58. The van der Waals surface area contributed by atoms with Crippen molar-refractivity contribution in [3.63, 3.8) is 0 Å². The summed E-state index contributed by atoms with van der Waals surface area (Å²) in [6.07, 6.45) is 15.2. The Kier molecular flexibility index (Phi) is 76.8. The predicted octanol–water partition coefficient (Wildman–Crippen LogP) is -2.57. The Bertz CT molecular complexity index is 3080. The first-order valence-electron chi connectivity index (χ1n) is 45.6. The fraction of sp³-hybridized carbons (Fsp3) is 0.747. The average Bonchev–Trinajstić information content (AvgIpc) is 0.880. The summed E-state index contributed by atoms with van der Waals surface area (Å²) in [6.45, 7) is 21.0. The molecule has 0 aliphatic carbocycles. The molecule has 0 aliphatic rings. The van der Waals surface area contributed by atoms with Crippen LogP contribution in [0.2, 0.25) is 0 Å². The molecule has 40 heteroatoms. The van der Waals surface area contributed by atoms with Gasteiger partial charge in [-0.05, 0) is 114 Å². The Morgan fingerprint density at radius 3 is 1.54 bits per heavy atom. The number of ether oxygens (including phenoxy) is 8. The fourth-order valence-corrected chi connectivity index (χ4v) is 12.4. The third-order valence-corrected chi connectivity index (χ3v) is 19.6. The standard InChI is InChI=1S/C87H160N20O20/c1-5-7-11-26-79(111)97-41-52-125-59-61-126-67-82(114)98-42-53-124-57-56-122-50-39-92-37-48-120-54-55-121-49-38-93-40-51-123-58-60-127-68-83(115)103-66-81(113)104-70(4)62-100-72(27-29-78(90)110)64-101-76(25-18-32-89)86(118)105-73(63-94-36-43-107(44-46-108)45-47-109)65-102-75(23-8-6-2)87(119)106-77(85(117)99-34-16-10-15-31-88)28-30-80(112)96-33-17-14-24-74(84(91)116)95-35-19-20-69(3)71-21-12-9-13-22-71/h9,12-13,18,21-22,32,46-47,70,72-77,92-95,100-102H,3,5-8,10-11,14-17,19-20,23-31,33-45,48-68,88-89H2,1-2,4H3,(H2,90,110)(H2,91,116)(H,96,112)(H,97,111)(H,98,114)(H,99,117)(H,103,115)(H,104,113)(H,105,118)(H,106,119)/b32-18+/t70-,72-,73-,74-,75-,76-,77-/m0/s1. The van der Waals surface area contributed by atoms with Crippen LogP contribution in [0.15, 0.2) is 49.2 Å². The number of nitrogens with two attached hydrogens (primary N) is 4. The molecule has 0 radical (unpaired) electrons. The zero-order valence-corrected chi connectivity index (χ0v) is 76.3. The number of carbonyl (C=O) groups excluding carboxylic acids is 12. The number of nitrogens with one attached hydrogen (secondary N) is 15. The summed E-state index contributed by atoms with van der Waals surface area (Å²) >= 11 is 0. The van der Waals surface area contributed by atoms with Crippen LogP contribution >= 0.6 is 0 Å². The monoisotopic (exact) mass is 1810 g/mol. The number of hydrogen-bond donors (Lipinski definition) is 19. The largest absolute Gasteiger partial charge is 0.405 e. The van der Waals surface area contributed by atoms with Gasteiger partial charge in [0.15, 0.2) is 0 Å². The molecule has 1 rings (SSSR count). The molecule has 23 N–H and O–H groups in total. The molecule has 127 heavy (non-hydrogen) atoms. The second-order valence-corrected chi connectivity index (χ2v) is 30.6. The van der Waals surface area contributed by atoms with Gasteiger partial charge in [-0.1, -0.05) is 88.9 Å². The number of benzene rings is 1. The first-order valence-corrected chi connectivity index (χ1v) is 45.6. The van der Waals surface area contributed by atoms with Crippen molar-refractivity contribution in [2.45, 2.75) is 191 Å². The van der Waals surface area contributed by atoms with Crippen LogP contribution in [-0.2, 0) is 95.4 Å². The number of allylic oxidation sites excluding steroid dienone is 1. The lowest BCUT2D eigenvalue weighted by atomic mass is 10.0. The van der Waals surface area contributed by atoms with Gasteiger partial charge in [-0.2, -0.15) is 0 Å². The highest BCUT2D eigenvalue weighted by molar-refractivity contribution is 5.90. The summed E-state index contributed by atoms with van der Waals surface area (Å²) < 4.78 is 44.1. The summed E-state index contributed by atoms with van der Waals surface area (Å²) in [6, 6.07) is 4.91. The van der Waals surface area contributed by atoms with E-state index in [0.29, 0.717) is 209 Å². The smallest absolute Gasteiger partial charge is 0.246 e. The van der Waals surface area contributed by atoms with Crippen LogP contribution in [0.5, 0.6) is 0 Å². The van der Waals surface area contributed by atoms with Gasteiger partial charge in [0.25, 0.3) is 0 Å². The van der Waals surface area contributed by atoms with Crippen molar-refractivity contribution >= 4 is 77.2 Å². The number of amides is 10. The van der Waals surface area contributed by atoms with Gasteiger partial charge in [0.2, 0.25) is 59.1 Å². The molecular formula is C87H160N20O20. The topological polar surface area (TPSA) is 566 Å². The van der Waals surface area contributed by atoms with E-state index in [9.17, 15) is 57.5 Å². The summed E-state index contributed by atoms with van der Waals surface area (Å²) in [5.74, 6) is -3.90. The number of aldehydes is 2. The first-order chi connectivity index (χ1) is 61.7. The molecule has 0 aliphatic heterocycles. The van der Waals surface area contributed by atoms with E-state index < -0.39 is 83.6 Å². The van der Waals surface area contributed by atoms with E-state index in [4.69, 9.17) is 60.8 Å². The van der Waals surface area contributed by atoms with Crippen molar-refractivity contribution < 1.29 is 95.4 Å². The highest BCUT2D eigenvalue weighted by Crippen LogP contribution is 2.17. The minimum atomic E-state index is -1.09. The van der Waals surface area contributed by atoms with Crippen LogP contribution in [0, 0.1) is 0 Å². The van der Waals surface area contributed by atoms with Crippen LogP contribution in [0.4, 0.5) is 0 Å². The second-order valence-electron chi connectivity index (χ2n) is 30.6. The fourth-order valence-electron chi connectivity index (χ4n) is 12.4. The van der Waals surface area contributed by atoms with Crippen molar-refractivity contribution in [1.82, 2.24) is 84.7 Å². The van der Waals surface area contributed by atoms with E-state index in [-0.39, 0.29) is 129 Å². The zero-order chi connectivity index (χ0) is 93.1. The number of hydrogen-bond acceptors (Lipinski definition) is 30. The van der Waals surface area contributed by atoms with Crippen molar-refractivity contribution in [3.05, 3.63) is 54.8 Å². The first kappa shape index (κ1) is 117. The van der Waals surface area contributed by atoms with Gasteiger partial charge >= 0.3 is 0 Å². The Labute approximate surface area is 753 Å². The summed E-state index contributed by atoms with van der Waals surface area (Å²) in [5.41, 5.74) is 24.9. The molecule has 0 saturated carbocycles. The van der Waals surface area contributed by atoms with Crippen LogP contribution in [-0.4, -0.2) is 349 Å². The summed E-state index contributed by atoms with van der Waals surface area (Å²) in [5, 5.41) is 45.8. The van der Waals surface area contributed by atoms with Crippen molar-refractivity contribution in [1.29, 1.82) is 0 Å². The molecular weight excluding hydrogens is 1650 g/mol. The number of primary amides is 2. The average molecular weight is 1810 g/mol. The molecule has 7 atom stereocenters. The number of rotatable bonds is 92. The molecule has 0 bridgehead atoms. The van der Waals surface area contributed by atoms with E-state index in [1.54, 1.807) is 17.9 Å². The summed E-state index contributed by atoms with van der Waals surface area (Å²) in [4.78, 5) is 154. The number of unbranched alkanes of at least 4 members (excludes halogenated alkanes) is 6. The van der Waals surface area contributed by atoms with Crippen molar-refractivity contribution in [2.24, 2.45) is 22.9 Å². The third-order valence-electron chi connectivity index (χ3n) is 19.6. The van der Waals surface area contributed by atoms with E-state index in [1.165, 1.54) is 6.20 Å². The van der Waals surface area contributed by atoms with Gasteiger partial charge < -0.3 is 150 Å². The molecule has 0 fully saturated rings. The Morgan fingerprint density at radius 1 is 0.425 bits per heavy atom. The molecule has 10 amide bonds. The minimum Gasteiger partial charge on any atom is -0.405 e. The van der Waals surface area contributed by atoms with Crippen LogP contribution in [0.1, 0.15) is 155 Å². The van der Waals surface area contributed by atoms with E-state index in [0.717, 1.165) is 62.5 Å². The molecule has 728 valence electrons. The van der Waals surface area contributed by atoms with Gasteiger partial charge in [-0.15, -0.1) is 0 Å². The maximum Gasteiger partial charge on any atom is 0.246 e. The van der Waals surface area contributed by atoms with E-state index in [1.807, 2.05) is 37.3 Å². The number of carbonyl (C=O) groups is 12. The van der Waals surface area contributed by atoms with Gasteiger partial charge in [0, 0.05) is 123 Å². The lowest BCUT2D eigenvalue weighted by Gasteiger charge is -2.28. The normalized spacial score (nSPS) is 13.0. The molecule has 0 aromatic heterocycles. The highest BCUT2D eigenvalue weighted by Gasteiger charge is 2.29. The van der Waals surface area contributed by atoms with Gasteiger partial charge in [0.05, 0.1) is 136 Å². The Morgan fingerprint density at radius 2 is 0.961 bits per heavy atom. The maximum absolute atomic E-state index is 14.5. The van der Waals surface area contributed by atoms with Crippen molar-refractivity contribution in [3.8, 4) is 0 Å². The van der Waals surface area contributed by atoms with Gasteiger partial charge in [-0.3, -0.25) is 52.8 Å².